The van der Waals surface area contributed by atoms with Crippen LogP contribution < -0.4 is 0 Å². The second-order valence-corrected chi connectivity index (χ2v) is 6.37. The van der Waals surface area contributed by atoms with Crippen molar-refractivity contribution < 1.29 is 9.53 Å². The standard InChI is InChI=1S/C15H19N3O2S/c1-10-7-18(8-11(2)20-10)14(19)9-21-15-16-12-5-3-4-6-13(12)17-15/h3-6,10-11H,7-9H2,1-2H3,(H,16,17)/t10-,11-/m0/s1. The van der Waals surface area contributed by atoms with Gasteiger partial charge in [-0.25, -0.2) is 4.98 Å². The van der Waals surface area contributed by atoms with E-state index in [1.807, 2.05) is 43.0 Å². The number of amides is 1. The molecule has 112 valence electrons. The number of hydrogen-bond acceptors (Lipinski definition) is 4. The van der Waals surface area contributed by atoms with E-state index in [-0.39, 0.29) is 18.1 Å². The largest absolute Gasteiger partial charge is 0.372 e. The third-order valence-electron chi connectivity index (χ3n) is 3.47. The lowest BCUT2D eigenvalue weighted by Crippen LogP contribution is -2.48. The highest BCUT2D eigenvalue weighted by molar-refractivity contribution is 7.99. The second-order valence-electron chi connectivity index (χ2n) is 5.40. The lowest BCUT2D eigenvalue weighted by Gasteiger charge is -2.35. The maximum Gasteiger partial charge on any atom is 0.233 e. The lowest BCUT2D eigenvalue weighted by molar-refractivity contribution is -0.140. The number of fused-ring (bicyclic) bond motifs is 1. The zero-order chi connectivity index (χ0) is 14.8. The highest BCUT2D eigenvalue weighted by Gasteiger charge is 2.25. The molecule has 0 spiro atoms. The summed E-state index contributed by atoms with van der Waals surface area (Å²) in [4.78, 5) is 21.9. The average molecular weight is 305 g/mol. The van der Waals surface area contributed by atoms with Gasteiger partial charge in [-0.3, -0.25) is 4.79 Å². The van der Waals surface area contributed by atoms with Gasteiger partial charge in [0.1, 0.15) is 0 Å². The molecule has 1 aromatic carbocycles. The van der Waals surface area contributed by atoms with Crippen molar-refractivity contribution in [1.29, 1.82) is 0 Å². The van der Waals surface area contributed by atoms with E-state index >= 15 is 0 Å². The number of aromatic amines is 1. The SMILES string of the molecule is C[C@H]1CN(C(=O)CSc2nc3ccccc3[nH]2)C[C@H](C)O1. The Bertz CT molecular complexity index is 600. The third-order valence-corrected chi connectivity index (χ3v) is 4.33. The molecule has 0 saturated carbocycles. The molecule has 2 aromatic rings. The fraction of sp³-hybridized carbons (Fsp3) is 0.467. The fourth-order valence-electron chi connectivity index (χ4n) is 2.60. The number of thioether (sulfide) groups is 1. The van der Waals surface area contributed by atoms with E-state index < -0.39 is 0 Å². The molecule has 0 aliphatic carbocycles. The van der Waals surface area contributed by atoms with Gasteiger partial charge in [0, 0.05) is 13.1 Å². The molecule has 1 aliphatic heterocycles. The van der Waals surface area contributed by atoms with Gasteiger partial charge in [-0.15, -0.1) is 0 Å². The molecular formula is C15H19N3O2S. The van der Waals surface area contributed by atoms with E-state index in [9.17, 15) is 4.79 Å². The number of morpholine rings is 1. The minimum atomic E-state index is 0.105. The number of aromatic nitrogens is 2. The summed E-state index contributed by atoms with van der Waals surface area (Å²) in [6, 6.07) is 7.87. The first-order valence-electron chi connectivity index (χ1n) is 7.12. The number of benzene rings is 1. The molecule has 2 atom stereocenters. The normalized spacial score (nSPS) is 22.7. The average Bonchev–Trinajstić information content (AvgIpc) is 2.86. The molecular weight excluding hydrogens is 286 g/mol. The molecule has 1 amide bonds. The molecule has 21 heavy (non-hydrogen) atoms. The molecule has 5 nitrogen and oxygen atoms in total. The summed E-state index contributed by atoms with van der Waals surface area (Å²) in [6.07, 6.45) is 0.211. The Morgan fingerprint density at radius 2 is 2.10 bits per heavy atom. The maximum absolute atomic E-state index is 12.3. The summed E-state index contributed by atoms with van der Waals surface area (Å²) in [5.74, 6) is 0.543. The van der Waals surface area contributed by atoms with E-state index in [4.69, 9.17) is 4.74 Å². The molecule has 0 bridgehead atoms. The molecule has 1 fully saturated rings. The summed E-state index contributed by atoms with van der Waals surface area (Å²) in [5, 5.41) is 0.791. The van der Waals surface area contributed by atoms with Gasteiger partial charge in [0.05, 0.1) is 29.0 Å². The molecule has 6 heteroatoms. The van der Waals surface area contributed by atoms with Crippen LogP contribution in [0.5, 0.6) is 0 Å². The number of imidazole rings is 1. The topological polar surface area (TPSA) is 58.2 Å². The summed E-state index contributed by atoms with van der Waals surface area (Å²) >= 11 is 1.45. The van der Waals surface area contributed by atoms with Crippen molar-refractivity contribution in [1.82, 2.24) is 14.9 Å². The van der Waals surface area contributed by atoms with Gasteiger partial charge < -0.3 is 14.6 Å². The summed E-state index contributed by atoms with van der Waals surface area (Å²) in [5.41, 5.74) is 1.93. The van der Waals surface area contributed by atoms with Crippen molar-refractivity contribution in [2.24, 2.45) is 0 Å². The zero-order valence-corrected chi connectivity index (χ0v) is 13.0. The van der Waals surface area contributed by atoms with E-state index in [0.29, 0.717) is 18.8 Å². The van der Waals surface area contributed by atoms with Gasteiger partial charge in [0.25, 0.3) is 0 Å². The van der Waals surface area contributed by atoms with Gasteiger partial charge >= 0.3 is 0 Å². The highest BCUT2D eigenvalue weighted by Crippen LogP contribution is 2.20. The van der Waals surface area contributed by atoms with Gasteiger partial charge in [0.15, 0.2) is 5.16 Å². The summed E-state index contributed by atoms with van der Waals surface area (Å²) in [7, 11) is 0. The van der Waals surface area contributed by atoms with Crippen LogP contribution >= 0.6 is 11.8 Å². The first-order chi connectivity index (χ1) is 10.1. The van der Waals surface area contributed by atoms with Gasteiger partial charge in [-0.2, -0.15) is 0 Å². The van der Waals surface area contributed by atoms with Crippen LogP contribution in [0.1, 0.15) is 13.8 Å². The van der Waals surface area contributed by atoms with Crippen LogP contribution in [0, 0.1) is 0 Å². The number of carbonyl (C=O) groups excluding carboxylic acids is 1. The number of H-pyrrole nitrogens is 1. The quantitative estimate of drug-likeness (QED) is 0.884. The fourth-order valence-corrected chi connectivity index (χ4v) is 3.39. The van der Waals surface area contributed by atoms with Crippen LogP contribution in [0.2, 0.25) is 0 Å². The maximum atomic E-state index is 12.3. The van der Waals surface area contributed by atoms with Crippen molar-refractivity contribution in [3.63, 3.8) is 0 Å². The number of para-hydroxylation sites is 2. The van der Waals surface area contributed by atoms with Crippen molar-refractivity contribution in [3.8, 4) is 0 Å². The highest BCUT2D eigenvalue weighted by atomic mass is 32.2. The predicted molar refractivity (Wildman–Crippen MR) is 83.4 cm³/mol. The number of carbonyl (C=O) groups is 1. The van der Waals surface area contributed by atoms with Crippen LogP contribution in [-0.4, -0.2) is 51.8 Å². The van der Waals surface area contributed by atoms with Crippen LogP contribution in [0.4, 0.5) is 0 Å². The van der Waals surface area contributed by atoms with E-state index in [2.05, 4.69) is 9.97 Å². The van der Waals surface area contributed by atoms with Crippen LogP contribution in [-0.2, 0) is 9.53 Å². The number of nitrogens with zero attached hydrogens (tertiary/aromatic N) is 2. The predicted octanol–water partition coefficient (Wildman–Crippen LogP) is 2.29. The molecule has 1 saturated heterocycles. The van der Waals surface area contributed by atoms with E-state index in [1.165, 1.54) is 11.8 Å². The van der Waals surface area contributed by atoms with Crippen molar-refractivity contribution in [2.75, 3.05) is 18.8 Å². The molecule has 1 aromatic heterocycles. The van der Waals surface area contributed by atoms with E-state index in [1.54, 1.807) is 0 Å². The van der Waals surface area contributed by atoms with Crippen molar-refractivity contribution in [3.05, 3.63) is 24.3 Å². The Labute approximate surface area is 128 Å². The molecule has 2 heterocycles. The summed E-state index contributed by atoms with van der Waals surface area (Å²) in [6.45, 7) is 5.35. The van der Waals surface area contributed by atoms with E-state index in [0.717, 1.165) is 16.2 Å². The zero-order valence-electron chi connectivity index (χ0n) is 12.2. The van der Waals surface area contributed by atoms with Gasteiger partial charge in [0.2, 0.25) is 5.91 Å². The number of nitrogens with one attached hydrogen (secondary N) is 1. The molecule has 0 radical (unpaired) electrons. The molecule has 1 aliphatic rings. The smallest absolute Gasteiger partial charge is 0.233 e. The number of ether oxygens (including phenoxy) is 1. The molecule has 0 unspecified atom stereocenters. The van der Waals surface area contributed by atoms with Crippen LogP contribution in [0.15, 0.2) is 29.4 Å². The van der Waals surface area contributed by atoms with Crippen molar-refractivity contribution in [2.45, 2.75) is 31.2 Å². The monoisotopic (exact) mass is 305 g/mol. The minimum Gasteiger partial charge on any atom is -0.372 e. The minimum absolute atomic E-state index is 0.105. The first-order valence-corrected chi connectivity index (χ1v) is 8.11. The molecule has 1 N–H and O–H groups in total. The number of hydrogen-bond donors (Lipinski definition) is 1. The Kier molecular flexibility index (Phi) is 4.17. The lowest BCUT2D eigenvalue weighted by atomic mass is 10.2. The Balaban J connectivity index is 1.60. The van der Waals surface area contributed by atoms with Crippen LogP contribution in [0.3, 0.4) is 0 Å². The van der Waals surface area contributed by atoms with Crippen LogP contribution in [0.25, 0.3) is 11.0 Å². The second kappa shape index (κ2) is 6.07. The third kappa shape index (κ3) is 3.39. The molecule has 3 rings (SSSR count). The Morgan fingerprint density at radius 3 is 2.81 bits per heavy atom. The Morgan fingerprint density at radius 1 is 1.38 bits per heavy atom. The Hall–Kier alpha value is -1.53. The van der Waals surface area contributed by atoms with Crippen molar-refractivity contribution >= 4 is 28.7 Å². The van der Waals surface area contributed by atoms with Gasteiger partial charge in [-0.05, 0) is 26.0 Å². The first kappa shape index (κ1) is 14.4. The van der Waals surface area contributed by atoms with Gasteiger partial charge in [-0.1, -0.05) is 23.9 Å². The number of rotatable bonds is 3. The summed E-state index contributed by atoms with van der Waals surface area (Å²) < 4.78 is 5.65.